The molecule has 4 heteroatoms. The maximum atomic E-state index is 12.4. The van der Waals surface area contributed by atoms with E-state index in [1.165, 1.54) is 0 Å². The van der Waals surface area contributed by atoms with E-state index < -0.39 is 17.1 Å². The first-order valence-corrected chi connectivity index (χ1v) is 8.91. The van der Waals surface area contributed by atoms with Crippen molar-refractivity contribution in [2.75, 3.05) is 0 Å². The van der Waals surface area contributed by atoms with Gasteiger partial charge < -0.3 is 10.2 Å². The highest BCUT2D eigenvalue weighted by Crippen LogP contribution is 2.66. The Bertz CT molecular complexity index is 623. The molecule has 0 radical (unpaired) electrons. The third-order valence-corrected chi connectivity index (χ3v) is 7.88. The number of fused-ring (bicyclic) bond motifs is 5. The zero-order valence-electron chi connectivity index (χ0n) is 14.0. The van der Waals surface area contributed by atoms with Crippen molar-refractivity contribution in [1.29, 1.82) is 0 Å². The minimum atomic E-state index is -0.909. The van der Waals surface area contributed by atoms with Gasteiger partial charge in [-0.2, -0.15) is 0 Å². The van der Waals surface area contributed by atoms with Crippen LogP contribution in [0.15, 0.2) is 11.6 Å². The molecular weight excluding hydrogens is 292 g/mol. The Labute approximate surface area is 137 Å². The van der Waals surface area contributed by atoms with Crippen molar-refractivity contribution in [3.63, 3.8) is 0 Å². The minimum absolute atomic E-state index is 0.0512. The second-order valence-electron chi connectivity index (χ2n) is 8.67. The Morgan fingerprint density at radius 3 is 2.57 bits per heavy atom. The summed E-state index contributed by atoms with van der Waals surface area (Å²) in [5.41, 5.74) is -1.07. The Hall–Kier alpha value is -1.00. The van der Waals surface area contributed by atoms with E-state index in [2.05, 4.69) is 6.92 Å². The summed E-state index contributed by atoms with van der Waals surface area (Å²) in [4.78, 5) is 24.2. The quantitative estimate of drug-likeness (QED) is 0.718. The molecule has 0 aliphatic heterocycles. The lowest BCUT2D eigenvalue weighted by Crippen LogP contribution is -2.65. The summed E-state index contributed by atoms with van der Waals surface area (Å²) in [6.45, 7) is 4.07. The average Bonchev–Trinajstić information content (AvgIpc) is 2.80. The molecule has 0 aromatic carbocycles. The number of aliphatic hydroxyl groups is 2. The molecule has 126 valence electrons. The molecule has 4 aliphatic rings. The molecule has 0 bridgehead atoms. The first-order chi connectivity index (χ1) is 10.7. The number of Topliss-reactive ketones (excluding diaryl/α,β-unsaturated/α-hetero) is 1. The molecule has 3 saturated carbocycles. The van der Waals surface area contributed by atoms with Gasteiger partial charge in [0.2, 0.25) is 0 Å². The van der Waals surface area contributed by atoms with Crippen LogP contribution >= 0.6 is 0 Å². The van der Waals surface area contributed by atoms with Crippen LogP contribution in [-0.2, 0) is 9.59 Å². The minimum Gasteiger partial charge on any atom is -0.389 e. The van der Waals surface area contributed by atoms with E-state index in [9.17, 15) is 19.8 Å². The molecule has 4 aliphatic carbocycles. The number of carbonyl (C=O) groups is 2. The summed E-state index contributed by atoms with van der Waals surface area (Å²) < 4.78 is 0. The standard InChI is InChI=1S/C19H26O4/c1-17-7-8-19(23)13(12(17)3-4-16(17)22)10-15(21)14-9-11(20)5-6-18(14,19)2/h9,12-13,15,21,23H,3-8,10H2,1-2H3/t12-,13-,15+,17-,18-,19+/m0/s1. The van der Waals surface area contributed by atoms with E-state index in [-0.39, 0.29) is 23.0 Å². The van der Waals surface area contributed by atoms with E-state index >= 15 is 0 Å². The van der Waals surface area contributed by atoms with E-state index in [0.29, 0.717) is 37.9 Å². The number of aliphatic hydroxyl groups excluding tert-OH is 1. The lowest BCUT2D eigenvalue weighted by atomic mass is 9.44. The molecule has 0 saturated heterocycles. The van der Waals surface area contributed by atoms with Crippen LogP contribution in [0.3, 0.4) is 0 Å². The molecule has 0 heterocycles. The molecule has 3 fully saturated rings. The van der Waals surface area contributed by atoms with Gasteiger partial charge in [-0.1, -0.05) is 13.8 Å². The SMILES string of the molecule is C[C@]12CCC(=O)C=C1[C@H](O)C[C@H]1[C@@H]3CCC(=O)[C@@]3(C)CC[C@@]12O. The van der Waals surface area contributed by atoms with Gasteiger partial charge >= 0.3 is 0 Å². The normalized spacial score (nSPS) is 52.5. The van der Waals surface area contributed by atoms with Gasteiger partial charge in [-0.3, -0.25) is 9.59 Å². The number of carbonyl (C=O) groups excluding carboxylic acids is 2. The van der Waals surface area contributed by atoms with Gasteiger partial charge in [-0.05, 0) is 55.6 Å². The van der Waals surface area contributed by atoms with E-state index in [4.69, 9.17) is 0 Å². The molecule has 0 aromatic rings. The van der Waals surface area contributed by atoms with Crippen LogP contribution in [0, 0.1) is 22.7 Å². The van der Waals surface area contributed by atoms with Crippen molar-refractivity contribution in [2.24, 2.45) is 22.7 Å². The number of ketones is 2. The Kier molecular flexibility index (Phi) is 3.07. The van der Waals surface area contributed by atoms with Gasteiger partial charge in [-0.15, -0.1) is 0 Å². The van der Waals surface area contributed by atoms with Gasteiger partial charge in [0.05, 0.1) is 11.7 Å². The third-order valence-electron chi connectivity index (χ3n) is 7.88. The van der Waals surface area contributed by atoms with Crippen molar-refractivity contribution in [3.05, 3.63) is 11.6 Å². The first kappa shape index (κ1) is 15.5. The van der Waals surface area contributed by atoms with Gasteiger partial charge in [0, 0.05) is 23.7 Å². The maximum Gasteiger partial charge on any atom is 0.155 e. The molecule has 4 rings (SSSR count). The van der Waals surface area contributed by atoms with E-state index in [1.807, 2.05) is 6.92 Å². The number of hydrogen-bond acceptors (Lipinski definition) is 4. The predicted molar refractivity (Wildman–Crippen MR) is 84.6 cm³/mol. The molecular formula is C19H26O4. The smallest absolute Gasteiger partial charge is 0.155 e. The summed E-state index contributed by atoms with van der Waals surface area (Å²) in [7, 11) is 0. The lowest BCUT2D eigenvalue weighted by Gasteiger charge is -2.62. The third kappa shape index (κ3) is 1.74. The van der Waals surface area contributed by atoms with Crippen LogP contribution in [-0.4, -0.2) is 33.5 Å². The molecule has 0 spiro atoms. The average molecular weight is 318 g/mol. The zero-order chi connectivity index (χ0) is 16.6. The fourth-order valence-corrected chi connectivity index (χ4v) is 6.30. The molecule has 6 atom stereocenters. The fourth-order valence-electron chi connectivity index (χ4n) is 6.30. The Balaban J connectivity index is 1.81. The summed E-state index contributed by atoms with van der Waals surface area (Å²) in [6, 6.07) is 0. The largest absolute Gasteiger partial charge is 0.389 e. The van der Waals surface area contributed by atoms with E-state index in [1.54, 1.807) is 6.08 Å². The van der Waals surface area contributed by atoms with Gasteiger partial charge in [0.15, 0.2) is 5.78 Å². The van der Waals surface area contributed by atoms with Crippen LogP contribution in [0.5, 0.6) is 0 Å². The second kappa shape index (κ2) is 4.54. The highest BCUT2D eigenvalue weighted by atomic mass is 16.3. The molecule has 0 amide bonds. The van der Waals surface area contributed by atoms with Crippen molar-refractivity contribution in [1.82, 2.24) is 0 Å². The molecule has 2 N–H and O–H groups in total. The zero-order valence-corrected chi connectivity index (χ0v) is 14.0. The van der Waals surface area contributed by atoms with Crippen LogP contribution in [0.1, 0.15) is 58.8 Å². The molecule has 0 aromatic heterocycles. The molecule has 0 unspecified atom stereocenters. The van der Waals surface area contributed by atoms with Crippen LogP contribution < -0.4 is 0 Å². The van der Waals surface area contributed by atoms with Gasteiger partial charge in [-0.25, -0.2) is 0 Å². The van der Waals surface area contributed by atoms with Crippen molar-refractivity contribution in [3.8, 4) is 0 Å². The monoisotopic (exact) mass is 318 g/mol. The van der Waals surface area contributed by atoms with Gasteiger partial charge in [0.1, 0.15) is 5.78 Å². The first-order valence-electron chi connectivity index (χ1n) is 8.91. The summed E-state index contributed by atoms with van der Waals surface area (Å²) >= 11 is 0. The topological polar surface area (TPSA) is 74.6 Å². The summed E-state index contributed by atoms with van der Waals surface area (Å²) in [5, 5.41) is 22.4. The van der Waals surface area contributed by atoms with Gasteiger partial charge in [0.25, 0.3) is 0 Å². The lowest BCUT2D eigenvalue weighted by molar-refractivity contribution is -0.200. The van der Waals surface area contributed by atoms with Crippen molar-refractivity contribution in [2.45, 2.75) is 70.5 Å². The second-order valence-corrected chi connectivity index (χ2v) is 8.67. The molecule has 4 nitrogen and oxygen atoms in total. The van der Waals surface area contributed by atoms with Crippen molar-refractivity contribution < 1.29 is 19.8 Å². The van der Waals surface area contributed by atoms with Crippen LogP contribution in [0.4, 0.5) is 0 Å². The van der Waals surface area contributed by atoms with Crippen molar-refractivity contribution >= 4 is 11.6 Å². The maximum absolute atomic E-state index is 12.4. The molecule has 23 heavy (non-hydrogen) atoms. The fraction of sp³-hybridized carbons (Fsp3) is 0.789. The summed E-state index contributed by atoms with van der Waals surface area (Å²) in [6.07, 6.45) is 5.13. The summed E-state index contributed by atoms with van der Waals surface area (Å²) in [5.74, 6) is 0.470. The Morgan fingerprint density at radius 2 is 1.83 bits per heavy atom. The number of rotatable bonds is 0. The predicted octanol–water partition coefficient (Wildman–Crippen LogP) is 2.17. The highest BCUT2D eigenvalue weighted by Gasteiger charge is 2.67. The Morgan fingerprint density at radius 1 is 1.09 bits per heavy atom. The van der Waals surface area contributed by atoms with Crippen LogP contribution in [0.2, 0.25) is 0 Å². The van der Waals surface area contributed by atoms with Crippen LogP contribution in [0.25, 0.3) is 0 Å². The van der Waals surface area contributed by atoms with E-state index in [0.717, 1.165) is 18.4 Å². The number of hydrogen-bond donors (Lipinski definition) is 2. The highest BCUT2D eigenvalue weighted by molar-refractivity contribution is 5.92.